The summed E-state index contributed by atoms with van der Waals surface area (Å²) in [6.07, 6.45) is 20.4. The maximum atomic E-state index is 2.29. The van der Waals surface area contributed by atoms with Crippen LogP contribution in [0.1, 0.15) is 126 Å². The van der Waals surface area contributed by atoms with Crippen molar-refractivity contribution in [2.24, 2.45) is 0 Å². The van der Waals surface area contributed by atoms with Crippen LogP contribution in [0, 0.1) is 0 Å². The van der Waals surface area contributed by atoms with Crippen LogP contribution in [-0.2, 0) is 0 Å². The standard InChI is InChI=1S/C16H34.3CH4.3BrH.H3N/c1-3-5-7-9-11-13-15-16-14-12-10-8-6-4-2;;;;;;;/h3-16H2,1-2H3;3*1H4;3*1H;1H3. The average molecular weight is 534 g/mol. The molecule has 0 aromatic heterocycles. The Morgan fingerprint density at radius 2 is 0.478 bits per heavy atom. The summed E-state index contributed by atoms with van der Waals surface area (Å²) >= 11 is 0. The van der Waals surface area contributed by atoms with E-state index in [0.717, 1.165) is 0 Å². The maximum absolute atomic E-state index is 2.29. The van der Waals surface area contributed by atoms with Crippen molar-refractivity contribution in [2.75, 3.05) is 0 Å². The van der Waals surface area contributed by atoms with Gasteiger partial charge in [0.25, 0.3) is 0 Å². The van der Waals surface area contributed by atoms with Crippen molar-refractivity contribution < 1.29 is 0 Å². The second-order valence-corrected chi connectivity index (χ2v) is 5.24. The molecule has 0 amide bonds. The smallest absolute Gasteiger partial charge is 0.0533 e. The van der Waals surface area contributed by atoms with Crippen LogP contribution in [0.5, 0.6) is 0 Å². The summed E-state index contributed by atoms with van der Waals surface area (Å²) in [5.41, 5.74) is 0. The molecule has 1 nitrogen and oxygen atoms in total. The van der Waals surface area contributed by atoms with Gasteiger partial charge < -0.3 is 6.15 Å². The quantitative estimate of drug-likeness (QED) is 0.235. The van der Waals surface area contributed by atoms with E-state index in [1.54, 1.807) is 0 Å². The summed E-state index contributed by atoms with van der Waals surface area (Å²) in [5, 5.41) is 0. The highest BCUT2D eigenvalue weighted by Gasteiger charge is 1.92. The lowest BCUT2D eigenvalue weighted by Gasteiger charge is -2.02. The van der Waals surface area contributed by atoms with E-state index in [1.165, 1.54) is 89.9 Å². The van der Waals surface area contributed by atoms with Crippen molar-refractivity contribution in [3.05, 3.63) is 0 Å². The first-order valence-corrected chi connectivity index (χ1v) is 7.91. The SMILES string of the molecule is Br.Br.Br.C.C.C.CCCCCCCCCCCCCCCC.N. The van der Waals surface area contributed by atoms with Crippen molar-refractivity contribution in [3.8, 4) is 0 Å². The molecule has 0 rings (SSSR count). The van der Waals surface area contributed by atoms with Gasteiger partial charge in [-0.05, 0) is 0 Å². The Kier molecular flexibility index (Phi) is 107. The Morgan fingerprint density at radius 3 is 0.609 bits per heavy atom. The third-order valence-electron chi connectivity index (χ3n) is 3.46. The predicted octanol–water partition coefficient (Wildman–Crippen LogP) is 10.3. The Bertz CT molecular complexity index is 111. The zero-order chi connectivity index (χ0) is 11.9. The Hall–Kier alpha value is 1.40. The molecule has 0 spiro atoms. The lowest BCUT2D eigenvalue weighted by Crippen LogP contribution is -1.82. The first-order chi connectivity index (χ1) is 7.91. The van der Waals surface area contributed by atoms with Gasteiger partial charge in [-0.3, -0.25) is 0 Å². The molecule has 0 saturated heterocycles. The summed E-state index contributed by atoms with van der Waals surface area (Å²) < 4.78 is 0. The molecule has 0 radical (unpaired) electrons. The van der Waals surface area contributed by atoms with E-state index in [-0.39, 0.29) is 79.4 Å². The van der Waals surface area contributed by atoms with Crippen molar-refractivity contribution in [2.45, 2.75) is 126 Å². The third-order valence-corrected chi connectivity index (χ3v) is 3.46. The summed E-state index contributed by atoms with van der Waals surface area (Å²) in [6, 6.07) is 0. The van der Waals surface area contributed by atoms with Gasteiger partial charge in [-0.1, -0.05) is 126 Å². The summed E-state index contributed by atoms with van der Waals surface area (Å²) in [7, 11) is 0. The van der Waals surface area contributed by atoms with E-state index in [4.69, 9.17) is 0 Å². The monoisotopic (exact) mass is 531 g/mol. The Morgan fingerprint density at radius 1 is 0.348 bits per heavy atom. The van der Waals surface area contributed by atoms with Gasteiger partial charge >= 0.3 is 0 Å². The molecule has 3 N–H and O–H groups in total. The minimum absolute atomic E-state index is 0. The van der Waals surface area contributed by atoms with E-state index in [0.29, 0.717) is 0 Å². The highest BCUT2D eigenvalue weighted by molar-refractivity contribution is 8.93. The van der Waals surface area contributed by atoms with Crippen LogP contribution in [0.2, 0.25) is 0 Å². The van der Waals surface area contributed by atoms with Crippen LogP contribution < -0.4 is 6.15 Å². The highest BCUT2D eigenvalue weighted by atomic mass is 79.9. The maximum Gasteiger partial charge on any atom is -0.0533 e. The van der Waals surface area contributed by atoms with Crippen molar-refractivity contribution in [1.82, 2.24) is 6.15 Å². The van der Waals surface area contributed by atoms with Crippen molar-refractivity contribution in [1.29, 1.82) is 0 Å². The number of unbranched alkanes of at least 4 members (excludes halogenated alkanes) is 13. The van der Waals surface area contributed by atoms with Crippen LogP contribution in [0.15, 0.2) is 0 Å². The van der Waals surface area contributed by atoms with Crippen LogP contribution in [0.3, 0.4) is 0 Å². The lowest BCUT2D eigenvalue weighted by atomic mass is 10.0. The van der Waals surface area contributed by atoms with Gasteiger partial charge in [-0.25, -0.2) is 0 Å². The molecule has 0 fully saturated rings. The topological polar surface area (TPSA) is 35.0 Å². The number of halogens is 3. The van der Waals surface area contributed by atoms with E-state index in [1.807, 2.05) is 0 Å². The second-order valence-electron chi connectivity index (χ2n) is 5.24. The largest absolute Gasteiger partial charge is 0.344 e. The molecule has 0 bridgehead atoms. The van der Waals surface area contributed by atoms with E-state index < -0.39 is 0 Å². The highest BCUT2D eigenvalue weighted by Crippen LogP contribution is 2.12. The summed E-state index contributed by atoms with van der Waals surface area (Å²) in [6.45, 7) is 4.58. The third kappa shape index (κ3) is 51.7. The van der Waals surface area contributed by atoms with Gasteiger partial charge in [0.05, 0.1) is 0 Å². The van der Waals surface area contributed by atoms with Gasteiger partial charge in [0.15, 0.2) is 0 Å². The van der Waals surface area contributed by atoms with Gasteiger partial charge in [0.2, 0.25) is 0 Å². The lowest BCUT2D eigenvalue weighted by molar-refractivity contribution is 0.538. The predicted molar refractivity (Wildman–Crippen MR) is 132 cm³/mol. The van der Waals surface area contributed by atoms with Crippen molar-refractivity contribution >= 4 is 50.9 Å². The van der Waals surface area contributed by atoms with E-state index in [9.17, 15) is 0 Å². The number of rotatable bonds is 13. The molecule has 0 aromatic rings. The second kappa shape index (κ2) is 49.5. The first kappa shape index (κ1) is 49.7. The van der Waals surface area contributed by atoms with Crippen LogP contribution >= 0.6 is 50.9 Å². The zero-order valence-electron chi connectivity index (χ0n) is 13.8. The minimum atomic E-state index is 0. The molecule has 0 heterocycles. The molecule has 0 aromatic carbocycles. The van der Waals surface area contributed by atoms with Gasteiger partial charge in [0, 0.05) is 0 Å². The Balaban J connectivity index is -0.0000000536. The molecule has 0 atom stereocenters. The van der Waals surface area contributed by atoms with E-state index >= 15 is 0 Å². The van der Waals surface area contributed by atoms with Gasteiger partial charge in [0.1, 0.15) is 0 Å². The molecule has 0 aliphatic rings. The number of hydrogen-bond acceptors (Lipinski definition) is 1. The first-order valence-electron chi connectivity index (χ1n) is 7.91. The number of hydrogen-bond donors (Lipinski definition) is 1. The molecule has 23 heavy (non-hydrogen) atoms. The summed E-state index contributed by atoms with van der Waals surface area (Å²) in [5.74, 6) is 0. The van der Waals surface area contributed by atoms with Gasteiger partial charge in [-0.2, -0.15) is 0 Å². The average Bonchev–Trinajstić information content (AvgIpc) is 2.31. The van der Waals surface area contributed by atoms with Crippen LogP contribution in [0.4, 0.5) is 0 Å². The summed E-state index contributed by atoms with van der Waals surface area (Å²) in [4.78, 5) is 0. The molecule has 154 valence electrons. The fourth-order valence-corrected chi connectivity index (χ4v) is 2.27. The van der Waals surface area contributed by atoms with Gasteiger partial charge in [-0.15, -0.1) is 50.9 Å². The molecule has 4 heteroatoms. The van der Waals surface area contributed by atoms with Crippen LogP contribution in [0.25, 0.3) is 0 Å². The fraction of sp³-hybridized carbons (Fsp3) is 1.00. The van der Waals surface area contributed by atoms with Crippen molar-refractivity contribution in [3.63, 3.8) is 0 Å². The Labute approximate surface area is 182 Å². The molecule has 0 aliphatic carbocycles. The van der Waals surface area contributed by atoms with Crippen LogP contribution in [-0.4, -0.2) is 0 Å². The molecular formula is C19H52Br3N. The molecular weight excluding hydrogens is 482 g/mol. The normalized spacial score (nSPS) is 7.57. The molecule has 0 unspecified atom stereocenters. The fourth-order valence-electron chi connectivity index (χ4n) is 2.27. The molecule has 0 aliphatic heterocycles. The van der Waals surface area contributed by atoms with E-state index in [2.05, 4.69) is 13.8 Å². The zero-order valence-corrected chi connectivity index (χ0v) is 19.0. The minimum Gasteiger partial charge on any atom is -0.344 e. The molecule has 0 saturated carbocycles.